The molecule has 1 unspecified atom stereocenters. The van der Waals surface area contributed by atoms with Gasteiger partial charge >= 0.3 is 18.1 Å². The van der Waals surface area contributed by atoms with Gasteiger partial charge in [-0.1, -0.05) is 0 Å². The number of hydrogen-bond donors (Lipinski definition) is 4. The molecule has 12 heteroatoms. The Balaban J connectivity index is 4.56. The van der Waals surface area contributed by atoms with Crippen molar-refractivity contribution in [2.75, 3.05) is 6.54 Å². The second-order valence-corrected chi connectivity index (χ2v) is 4.91. The zero-order valence-electron chi connectivity index (χ0n) is 9.27. The summed E-state index contributed by atoms with van der Waals surface area (Å²) in [5.74, 6) is -3.06. The van der Waals surface area contributed by atoms with Gasteiger partial charge in [-0.2, -0.15) is 31.0 Å². The van der Waals surface area contributed by atoms with Gasteiger partial charge in [0.25, 0.3) is 10.2 Å². The van der Waals surface area contributed by atoms with Crippen LogP contribution in [0.1, 0.15) is 12.8 Å². The summed E-state index contributed by atoms with van der Waals surface area (Å²) in [6.45, 7) is -1.87. The van der Waals surface area contributed by atoms with E-state index in [1.165, 1.54) is 4.72 Å². The molecule has 0 aromatic rings. The first-order valence-corrected chi connectivity index (χ1v) is 6.19. The topological polar surface area (TPSA) is 133 Å². The molecule has 0 saturated carbocycles. The number of carboxylic acid groups (broad SMARTS) is 2. The van der Waals surface area contributed by atoms with E-state index < -0.39 is 53.8 Å². The molecule has 0 aromatic carbocycles. The van der Waals surface area contributed by atoms with E-state index in [9.17, 15) is 31.2 Å². The molecule has 0 aliphatic carbocycles. The average Bonchev–Trinajstić information content (AvgIpc) is 2.20. The van der Waals surface area contributed by atoms with Crippen LogP contribution < -0.4 is 9.44 Å². The first kappa shape index (κ1) is 17.6. The fraction of sp³-hybridized carbons (Fsp3) is 0.714. The molecule has 0 saturated heterocycles. The summed E-state index contributed by atoms with van der Waals surface area (Å²) in [4.78, 5) is 20.8. The van der Waals surface area contributed by atoms with Crippen LogP contribution in [0.25, 0.3) is 0 Å². The van der Waals surface area contributed by atoms with Crippen LogP contribution in [-0.4, -0.2) is 49.3 Å². The number of aliphatic carboxylic acids is 2. The predicted octanol–water partition coefficient (Wildman–Crippen LogP) is -0.709. The minimum atomic E-state index is -4.80. The van der Waals surface area contributed by atoms with Gasteiger partial charge < -0.3 is 10.2 Å². The summed E-state index contributed by atoms with van der Waals surface area (Å²) in [7, 11) is -4.70. The lowest BCUT2D eigenvalue weighted by atomic mass is 10.2. The van der Waals surface area contributed by atoms with Crippen molar-refractivity contribution in [1.82, 2.24) is 9.44 Å². The summed E-state index contributed by atoms with van der Waals surface area (Å²) in [6, 6.07) is -1.83. The molecule has 0 rings (SSSR count). The number of alkyl halides is 3. The highest BCUT2D eigenvalue weighted by Crippen LogP contribution is 2.12. The molecule has 0 aliphatic heterocycles. The maximum Gasteiger partial charge on any atom is 0.402 e. The van der Waals surface area contributed by atoms with Crippen LogP contribution in [-0.2, 0) is 19.8 Å². The van der Waals surface area contributed by atoms with Gasteiger partial charge in [0.2, 0.25) is 0 Å². The smallest absolute Gasteiger partial charge is 0.402 e. The number of nitrogens with one attached hydrogen (secondary N) is 2. The quantitative estimate of drug-likeness (QED) is 0.468. The third-order valence-electron chi connectivity index (χ3n) is 1.71. The van der Waals surface area contributed by atoms with Crippen LogP contribution in [0, 0.1) is 0 Å². The fourth-order valence-corrected chi connectivity index (χ4v) is 1.94. The number of rotatable bonds is 8. The Morgan fingerprint density at radius 3 is 2.11 bits per heavy atom. The Bertz CT molecular complexity index is 435. The molecule has 1 atom stereocenters. The highest BCUT2D eigenvalue weighted by Gasteiger charge is 2.31. The van der Waals surface area contributed by atoms with E-state index in [4.69, 9.17) is 10.2 Å². The monoisotopic (exact) mass is 308 g/mol. The van der Waals surface area contributed by atoms with Gasteiger partial charge in [-0.25, -0.2) is 0 Å². The van der Waals surface area contributed by atoms with Crippen LogP contribution in [0.4, 0.5) is 13.2 Å². The van der Waals surface area contributed by atoms with Crippen molar-refractivity contribution in [3.8, 4) is 0 Å². The van der Waals surface area contributed by atoms with Crippen molar-refractivity contribution in [3.63, 3.8) is 0 Å². The van der Waals surface area contributed by atoms with Crippen molar-refractivity contribution in [2.24, 2.45) is 0 Å². The maximum absolute atomic E-state index is 11.8. The lowest BCUT2D eigenvalue weighted by Crippen LogP contribution is -2.48. The summed E-state index contributed by atoms with van der Waals surface area (Å²) in [5, 5.41) is 16.9. The molecule has 0 aromatic heterocycles. The summed E-state index contributed by atoms with van der Waals surface area (Å²) in [5.41, 5.74) is 0. The minimum Gasteiger partial charge on any atom is -0.481 e. The largest absolute Gasteiger partial charge is 0.481 e. The molecule has 0 spiro atoms. The van der Waals surface area contributed by atoms with E-state index in [2.05, 4.69) is 0 Å². The van der Waals surface area contributed by atoms with Gasteiger partial charge in [0.1, 0.15) is 12.6 Å². The molecule has 4 N–H and O–H groups in total. The Kier molecular flexibility index (Phi) is 6.18. The zero-order valence-corrected chi connectivity index (χ0v) is 10.1. The fourth-order valence-electron chi connectivity index (χ4n) is 0.906. The zero-order chi connectivity index (χ0) is 15.3. The molecule has 0 aliphatic rings. The Morgan fingerprint density at radius 2 is 1.74 bits per heavy atom. The average molecular weight is 308 g/mol. The van der Waals surface area contributed by atoms with Crippen molar-refractivity contribution in [2.45, 2.75) is 25.1 Å². The van der Waals surface area contributed by atoms with Gasteiger partial charge in [0.15, 0.2) is 0 Å². The molecule has 0 radical (unpaired) electrons. The number of carboxylic acids is 2. The molecule has 0 bridgehead atoms. The van der Waals surface area contributed by atoms with Crippen molar-refractivity contribution < 1.29 is 41.4 Å². The number of hydrogen-bond acceptors (Lipinski definition) is 4. The number of carbonyl (C=O) groups is 2. The first-order valence-electron chi connectivity index (χ1n) is 4.71. The SMILES string of the molecule is O=C(O)CCC(NS(=O)(=O)NCC(F)(F)F)C(=O)O. The van der Waals surface area contributed by atoms with E-state index in [0.29, 0.717) is 0 Å². The van der Waals surface area contributed by atoms with E-state index in [1.54, 1.807) is 0 Å². The summed E-state index contributed by atoms with van der Waals surface area (Å²) in [6.07, 6.45) is -6.05. The van der Waals surface area contributed by atoms with Crippen molar-refractivity contribution in [3.05, 3.63) is 0 Å². The second kappa shape index (κ2) is 6.68. The van der Waals surface area contributed by atoms with Crippen LogP contribution >= 0.6 is 0 Å². The Morgan fingerprint density at radius 1 is 1.21 bits per heavy atom. The normalized spacial score (nSPS) is 14.1. The predicted molar refractivity (Wildman–Crippen MR) is 54.4 cm³/mol. The van der Waals surface area contributed by atoms with Gasteiger partial charge in [0.05, 0.1) is 0 Å². The summed E-state index contributed by atoms with van der Waals surface area (Å²) >= 11 is 0. The van der Waals surface area contributed by atoms with E-state index >= 15 is 0 Å². The van der Waals surface area contributed by atoms with E-state index in [1.807, 2.05) is 0 Å². The van der Waals surface area contributed by atoms with Crippen LogP contribution in [0.2, 0.25) is 0 Å². The van der Waals surface area contributed by atoms with Gasteiger partial charge in [-0.3, -0.25) is 9.59 Å². The van der Waals surface area contributed by atoms with Crippen molar-refractivity contribution >= 4 is 22.1 Å². The van der Waals surface area contributed by atoms with Crippen LogP contribution in [0.15, 0.2) is 0 Å². The standard InChI is InChI=1S/C7H11F3N2O6S/c8-7(9,10)3-11-19(17,18)12-4(6(15)16)1-2-5(13)14/h4,11-12H,1-3H2,(H,13,14)(H,15,16). The molecule has 0 amide bonds. The highest BCUT2D eigenvalue weighted by molar-refractivity contribution is 7.87. The molecule has 0 heterocycles. The van der Waals surface area contributed by atoms with E-state index in [0.717, 1.165) is 4.72 Å². The molecular weight excluding hydrogens is 297 g/mol. The van der Waals surface area contributed by atoms with Crippen molar-refractivity contribution in [1.29, 1.82) is 0 Å². The summed E-state index contributed by atoms with van der Waals surface area (Å²) < 4.78 is 60.1. The number of halogens is 3. The lowest BCUT2D eigenvalue weighted by molar-refractivity contribution is -0.140. The van der Waals surface area contributed by atoms with E-state index in [-0.39, 0.29) is 0 Å². The minimum absolute atomic E-state index is 0.600. The molecule has 0 fully saturated rings. The van der Waals surface area contributed by atoms with Gasteiger partial charge in [-0.15, -0.1) is 0 Å². The van der Waals surface area contributed by atoms with Gasteiger partial charge in [-0.05, 0) is 6.42 Å². The first-order chi connectivity index (χ1) is 8.43. The third kappa shape index (κ3) is 9.21. The molecule has 19 heavy (non-hydrogen) atoms. The van der Waals surface area contributed by atoms with Gasteiger partial charge in [0, 0.05) is 6.42 Å². The highest BCUT2D eigenvalue weighted by atomic mass is 32.2. The maximum atomic E-state index is 11.8. The van der Waals surface area contributed by atoms with Crippen LogP contribution in [0.3, 0.4) is 0 Å². The molecule has 112 valence electrons. The third-order valence-corrected chi connectivity index (χ3v) is 2.82. The Hall–Kier alpha value is -1.40. The lowest BCUT2D eigenvalue weighted by Gasteiger charge is -2.15. The molecule has 8 nitrogen and oxygen atoms in total. The van der Waals surface area contributed by atoms with Crippen LogP contribution in [0.5, 0.6) is 0 Å². The molecular formula is C7H11F3N2O6S. The Labute approximate surface area is 105 Å². The second-order valence-electron chi connectivity index (χ2n) is 3.38.